The van der Waals surface area contributed by atoms with Crippen molar-refractivity contribution >= 4 is 35.4 Å². The number of benzene rings is 2. The number of Topliss-reactive ketones (excluding diaryl/α,β-unsaturated/α-hetero) is 3. The van der Waals surface area contributed by atoms with Crippen molar-refractivity contribution in [3.8, 4) is 0 Å². The monoisotopic (exact) mass is 705 g/mol. The molecule has 0 aromatic heterocycles. The van der Waals surface area contributed by atoms with E-state index in [1.165, 1.54) is 9.80 Å². The fraction of sp³-hybridized carbons (Fsp3) is 0.538. The van der Waals surface area contributed by atoms with Crippen LogP contribution in [0.5, 0.6) is 0 Å². The average Bonchev–Trinajstić information content (AvgIpc) is 3.76. The molecule has 2 aliphatic rings. The number of carbonyl (C=O) groups excluding carboxylic acids is 6. The van der Waals surface area contributed by atoms with E-state index in [4.69, 9.17) is 14.2 Å². The van der Waals surface area contributed by atoms with Crippen LogP contribution in [0.1, 0.15) is 112 Å². The van der Waals surface area contributed by atoms with Crippen LogP contribution in [0.2, 0.25) is 0 Å². The SMILES string of the molecule is CC(C)(C)OC(=O)N1CCC[C@H]1C(=O)CCC(=O)c1ccc(COCc2cccc(C(=O)CNC(=O)[C@@H]3CCCN3C(=O)OC(C)(C)C)c2)cc1. The van der Waals surface area contributed by atoms with Crippen molar-refractivity contribution in [1.82, 2.24) is 15.1 Å². The van der Waals surface area contributed by atoms with Gasteiger partial charge in [-0.2, -0.15) is 0 Å². The fourth-order valence-corrected chi connectivity index (χ4v) is 6.06. The molecule has 2 aromatic carbocycles. The van der Waals surface area contributed by atoms with Gasteiger partial charge in [0.1, 0.15) is 17.2 Å². The molecule has 2 heterocycles. The van der Waals surface area contributed by atoms with Crippen LogP contribution < -0.4 is 5.32 Å². The van der Waals surface area contributed by atoms with Gasteiger partial charge in [-0.25, -0.2) is 9.59 Å². The highest BCUT2D eigenvalue weighted by Crippen LogP contribution is 2.24. The first-order valence-corrected chi connectivity index (χ1v) is 17.6. The van der Waals surface area contributed by atoms with Gasteiger partial charge < -0.3 is 19.5 Å². The van der Waals surface area contributed by atoms with Crippen molar-refractivity contribution in [3.63, 3.8) is 0 Å². The van der Waals surface area contributed by atoms with Crippen LogP contribution in [0, 0.1) is 0 Å². The van der Waals surface area contributed by atoms with E-state index in [-0.39, 0.29) is 55.9 Å². The molecule has 2 fully saturated rings. The third-order valence-electron chi connectivity index (χ3n) is 8.52. The third kappa shape index (κ3) is 11.7. The van der Waals surface area contributed by atoms with E-state index < -0.39 is 35.5 Å². The van der Waals surface area contributed by atoms with Gasteiger partial charge in [0.2, 0.25) is 5.91 Å². The Hall–Kier alpha value is -4.58. The molecule has 4 rings (SSSR count). The average molecular weight is 706 g/mol. The molecule has 0 aliphatic carbocycles. The number of rotatable bonds is 13. The Bertz CT molecular complexity index is 1590. The zero-order valence-electron chi connectivity index (χ0n) is 30.6. The van der Waals surface area contributed by atoms with Crippen LogP contribution in [0.4, 0.5) is 9.59 Å². The van der Waals surface area contributed by atoms with Gasteiger partial charge in [0, 0.05) is 37.1 Å². The van der Waals surface area contributed by atoms with Crippen molar-refractivity contribution in [2.24, 2.45) is 0 Å². The number of ether oxygens (including phenoxy) is 3. The summed E-state index contributed by atoms with van der Waals surface area (Å²) in [5.74, 6) is -0.942. The van der Waals surface area contributed by atoms with Gasteiger partial charge in [-0.3, -0.25) is 29.0 Å². The summed E-state index contributed by atoms with van der Waals surface area (Å²) in [6, 6.07) is 12.8. The lowest BCUT2D eigenvalue weighted by Crippen LogP contribution is -2.48. The normalized spacial score (nSPS) is 17.6. The zero-order chi connectivity index (χ0) is 37.3. The van der Waals surface area contributed by atoms with Crippen LogP contribution in [-0.4, -0.2) is 88.2 Å². The van der Waals surface area contributed by atoms with Gasteiger partial charge in [-0.15, -0.1) is 0 Å². The maximum Gasteiger partial charge on any atom is 0.410 e. The molecule has 3 amide bonds. The van der Waals surface area contributed by atoms with E-state index in [9.17, 15) is 28.8 Å². The molecule has 0 bridgehead atoms. The van der Waals surface area contributed by atoms with E-state index >= 15 is 0 Å². The predicted molar refractivity (Wildman–Crippen MR) is 189 cm³/mol. The third-order valence-corrected chi connectivity index (χ3v) is 8.52. The molecule has 0 saturated carbocycles. The summed E-state index contributed by atoms with van der Waals surface area (Å²) in [7, 11) is 0. The largest absolute Gasteiger partial charge is 0.444 e. The van der Waals surface area contributed by atoms with E-state index in [2.05, 4.69) is 5.32 Å². The highest BCUT2D eigenvalue weighted by Gasteiger charge is 2.37. The summed E-state index contributed by atoms with van der Waals surface area (Å²) in [5, 5.41) is 2.68. The maximum absolute atomic E-state index is 12.9. The summed E-state index contributed by atoms with van der Waals surface area (Å²) in [4.78, 5) is 79.5. The molecule has 0 unspecified atom stereocenters. The highest BCUT2D eigenvalue weighted by atomic mass is 16.6. The maximum atomic E-state index is 12.9. The lowest BCUT2D eigenvalue weighted by Gasteiger charge is -2.28. The van der Waals surface area contributed by atoms with Gasteiger partial charge >= 0.3 is 12.2 Å². The van der Waals surface area contributed by atoms with Crippen molar-refractivity contribution in [2.45, 2.75) is 117 Å². The molecular formula is C39H51N3O9. The molecule has 0 radical (unpaired) electrons. The Labute approximate surface area is 300 Å². The number of likely N-dealkylation sites (tertiary alicyclic amines) is 2. The van der Waals surface area contributed by atoms with Gasteiger partial charge in [-0.05, 0) is 84.4 Å². The second-order valence-corrected chi connectivity index (χ2v) is 15.1. The van der Waals surface area contributed by atoms with Gasteiger partial charge in [-0.1, -0.05) is 42.5 Å². The molecule has 276 valence electrons. The van der Waals surface area contributed by atoms with Crippen LogP contribution in [0.15, 0.2) is 48.5 Å². The van der Waals surface area contributed by atoms with Crippen molar-refractivity contribution in [2.75, 3.05) is 19.6 Å². The summed E-state index contributed by atoms with van der Waals surface area (Å²) < 4.78 is 16.7. The van der Waals surface area contributed by atoms with E-state index in [0.717, 1.165) is 17.5 Å². The molecule has 1 N–H and O–H groups in total. The molecule has 2 aromatic rings. The molecule has 2 aliphatic heterocycles. The molecule has 12 nitrogen and oxygen atoms in total. The van der Waals surface area contributed by atoms with Gasteiger partial charge in [0.25, 0.3) is 0 Å². The first-order chi connectivity index (χ1) is 24.0. The Morgan fingerprint density at radius 2 is 1.25 bits per heavy atom. The predicted octanol–water partition coefficient (Wildman–Crippen LogP) is 6.03. The Morgan fingerprint density at radius 3 is 1.86 bits per heavy atom. The molecule has 51 heavy (non-hydrogen) atoms. The van der Waals surface area contributed by atoms with Crippen molar-refractivity contribution in [1.29, 1.82) is 0 Å². The summed E-state index contributed by atoms with van der Waals surface area (Å²) >= 11 is 0. The van der Waals surface area contributed by atoms with E-state index in [1.54, 1.807) is 84.0 Å². The smallest absolute Gasteiger partial charge is 0.410 e. The minimum Gasteiger partial charge on any atom is -0.444 e. The number of nitrogens with one attached hydrogen (secondary N) is 1. The quantitative estimate of drug-likeness (QED) is 0.247. The summed E-state index contributed by atoms with van der Waals surface area (Å²) in [5.41, 5.74) is 1.22. The Balaban J connectivity index is 1.20. The number of amides is 3. The Morgan fingerprint density at radius 1 is 0.686 bits per heavy atom. The molecule has 2 saturated heterocycles. The first-order valence-electron chi connectivity index (χ1n) is 17.6. The minimum atomic E-state index is -0.677. The first kappa shape index (κ1) is 39.2. The molecule has 2 atom stereocenters. The Kier molecular flexibility index (Phi) is 13.1. The van der Waals surface area contributed by atoms with Gasteiger partial charge in [0.15, 0.2) is 17.3 Å². The topological polar surface area (TPSA) is 149 Å². The second kappa shape index (κ2) is 17.1. The summed E-state index contributed by atoms with van der Waals surface area (Å²) in [6.07, 6.45) is 1.53. The lowest BCUT2D eigenvalue weighted by atomic mass is 10.00. The molecular weight excluding hydrogens is 654 g/mol. The number of hydrogen-bond donors (Lipinski definition) is 1. The van der Waals surface area contributed by atoms with Crippen LogP contribution >= 0.6 is 0 Å². The van der Waals surface area contributed by atoms with Crippen LogP contribution in [0.25, 0.3) is 0 Å². The number of nitrogens with zero attached hydrogens (tertiary/aromatic N) is 2. The summed E-state index contributed by atoms with van der Waals surface area (Å²) in [6.45, 7) is 11.9. The number of ketones is 3. The molecule has 12 heteroatoms. The number of hydrogen-bond acceptors (Lipinski definition) is 9. The van der Waals surface area contributed by atoms with Crippen molar-refractivity contribution < 1.29 is 43.0 Å². The van der Waals surface area contributed by atoms with Crippen LogP contribution in [0.3, 0.4) is 0 Å². The standard InChI is InChI=1S/C39H51N3O9/c1-38(2,3)50-36(47)41-20-8-12-30(41)33(44)19-18-32(43)28-16-14-26(15-17-28)24-49-25-27-10-7-11-29(22-27)34(45)23-40-35(46)31-13-9-21-42(31)37(48)51-39(4,5)6/h7,10-11,14-17,22,30-31H,8-9,12-13,18-21,23-25H2,1-6H3,(H,40,46)/t30-,31-/m0/s1. The zero-order valence-corrected chi connectivity index (χ0v) is 30.6. The fourth-order valence-electron chi connectivity index (χ4n) is 6.06. The van der Waals surface area contributed by atoms with Gasteiger partial charge in [0.05, 0.1) is 25.8 Å². The highest BCUT2D eigenvalue weighted by molar-refractivity contribution is 6.00. The molecule has 0 spiro atoms. The minimum absolute atomic E-state index is 0.0504. The van der Waals surface area contributed by atoms with Crippen LogP contribution in [-0.2, 0) is 37.0 Å². The van der Waals surface area contributed by atoms with E-state index in [0.29, 0.717) is 43.5 Å². The second-order valence-electron chi connectivity index (χ2n) is 15.1. The number of carbonyl (C=O) groups is 6. The lowest BCUT2D eigenvalue weighted by molar-refractivity contribution is -0.125. The van der Waals surface area contributed by atoms with E-state index in [1.807, 2.05) is 6.07 Å². The van der Waals surface area contributed by atoms with Crippen molar-refractivity contribution in [3.05, 3.63) is 70.8 Å².